The lowest BCUT2D eigenvalue weighted by molar-refractivity contribution is -0.142. The number of likely N-dealkylation sites (N-methyl/N-ethyl adjacent to an activating group) is 1. The van der Waals surface area contributed by atoms with Crippen molar-refractivity contribution in [1.82, 2.24) is 10.2 Å². The number of amides is 2. The highest BCUT2D eigenvalue weighted by Gasteiger charge is 2.28. The quantitative estimate of drug-likeness (QED) is 0.594. The molecule has 28 heavy (non-hydrogen) atoms. The normalized spacial score (nSPS) is 11.6. The summed E-state index contributed by atoms with van der Waals surface area (Å²) in [6, 6.07) is 14.1. The molecule has 0 aliphatic heterocycles. The van der Waals surface area contributed by atoms with E-state index in [2.05, 4.69) is 21.2 Å². The summed E-state index contributed by atoms with van der Waals surface area (Å²) < 4.78 is 6.34. The molecule has 150 valence electrons. The third-order valence-corrected chi connectivity index (χ3v) is 5.03. The summed E-state index contributed by atoms with van der Waals surface area (Å²) in [6.45, 7) is 4.41. The van der Waals surface area contributed by atoms with E-state index in [9.17, 15) is 9.59 Å². The van der Waals surface area contributed by atoms with Gasteiger partial charge in [-0.15, -0.1) is 0 Å². The van der Waals surface area contributed by atoms with Crippen LogP contribution in [-0.2, 0) is 16.1 Å². The Hall–Kier alpha value is -2.05. The molecule has 0 saturated carbocycles. The van der Waals surface area contributed by atoms with Crippen molar-refractivity contribution in [2.45, 2.75) is 32.9 Å². The molecule has 0 aromatic heterocycles. The van der Waals surface area contributed by atoms with Gasteiger partial charge in [-0.05, 0) is 53.0 Å². The molecule has 2 amide bonds. The maximum atomic E-state index is 13.0. The van der Waals surface area contributed by atoms with Crippen molar-refractivity contribution in [3.05, 3.63) is 63.6 Å². The van der Waals surface area contributed by atoms with Crippen molar-refractivity contribution < 1.29 is 14.3 Å². The first-order valence-corrected chi connectivity index (χ1v) is 10.3. The van der Waals surface area contributed by atoms with Gasteiger partial charge in [0.1, 0.15) is 11.8 Å². The molecule has 5 nitrogen and oxygen atoms in total. The molecule has 1 N–H and O–H groups in total. The molecule has 0 radical (unpaired) electrons. The molecule has 0 heterocycles. The van der Waals surface area contributed by atoms with Crippen LogP contribution >= 0.6 is 27.5 Å². The minimum atomic E-state index is -0.565. The maximum Gasteiger partial charge on any atom is 0.261 e. The second-order valence-electron chi connectivity index (χ2n) is 6.19. The Balaban J connectivity index is 2.18. The fourth-order valence-corrected chi connectivity index (χ4v) is 3.60. The van der Waals surface area contributed by atoms with Crippen LogP contribution in [0.5, 0.6) is 5.75 Å². The van der Waals surface area contributed by atoms with Crippen LogP contribution in [0.3, 0.4) is 0 Å². The second kappa shape index (κ2) is 11.1. The molecule has 0 spiro atoms. The lowest BCUT2D eigenvalue weighted by Gasteiger charge is -2.30. The van der Waals surface area contributed by atoms with Gasteiger partial charge < -0.3 is 15.0 Å². The zero-order valence-electron chi connectivity index (χ0n) is 16.0. The van der Waals surface area contributed by atoms with Gasteiger partial charge in [0.25, 0.3) is 5.91 Å². The van der Waals surface area contributed by atoms with Gasteiger partial charge in [-0.2, -0.15) is 0 Å². The molecule has 7 heteroatoms. The Labute approximate surface area is 179 Å². The number of nitrogens with one attached hydrogen (secondary N) is 1. The van der Waals surface area contributed by atoms with E-state index in [1.165, 1.54) is 0 Å². The van der Waals surface area contributed by atoms with Crippen LogP contribution < -0.4 is 10.1 Å². The Morgan fingerprint density at radius 1 is 1.18 bits per heavy atom. The minimum Gasteiger partial charge on any atom is -0.483 e. The van der Waals surface area contributed by atoms with Gasteiger partial charge in [0.05, 0.1) is 4.47 Å². The highest BCUT2D eigenvalue weighted by Crippen LogP contribution is 2.28. The molecule has 0 bridgehead atoms. The molecule has 2 rings (SSSR count). The van der Waals surface area contributed by atoms with E-state index in [1.54, 1.807) is 23.1 Å². The van der Waals surface area contributed by atoms with Crippen molar-refractivity contribution in [2.75, 3.05) is 13.2 Å². The van der Waals surface area contributed by atoms with E-state index in [1.807, 2.05) is 44.2 Å². The molecule has 2 aromatic carbocycles. The maximum absolute atomic E-state index is 13.0. The highest BCUT2D eigenvalue weighted by atomic mass is 79.9. The molecule has 0 saturated heterocycles. The number of benzene rings is 2. The molecule has 0 aliphatic rings. The standard InChI is InChI=1S/C21H24BrClN2O3/c1-3-18(21(27)24-4-2)25(13-15-8-6-5-7-9-15)20(26)14-28-19-11-10-16(23)12-17(19)22/h5-12,18H,3-4,13-14H2,1-2H3,(H,24,27)/t18-/m0/s1. The predicted molar refractivity (Wildman–Crippen MR) is 114 cm³/mol. The Morgan fingerprint density at radius 2 is 1.89 bits per heavy atom. The SMILES string of the molecule is CCNC(=O)[C@H](CC)N(Cc1ccccc1)C(=O)COc1ccc(Cl)cc1Br. The van der Waals surface area contributed by atoms with Crippen molar-refractivity contribution in [3.63, 3.8) is 0 Å². The average molecular weight is 468 g/mol. The summed E-state index contributed by atoms with van der Waals surface area (Å²) in [6.07, 6.45) is 0.509. The summed E-state index contributed by atoms with van der Waals surface area (Å²) in [4.78, 5) is 27.1. The average Bonchev–Trinajstić information content (AvgIpc) is 2.68. The number of ether oxygens (including phenoxy) is 1. The van der Waals surface area contributed by atoms with Crippen molar-refractivity contribution in [3.8, 4) is 5.75 Å². The van der Waals surface area contributed by atoms with E-state index < -0.39 is 6.04 Å². The van der Waals surface area contributed by atoms with Gasteiger partial charge in [0.15, 0.2) is 6.61 Å². The number of hydrogen-bond acceptors (Lipinski definition) is 3. The van der Waals surface area contributed by atoms with E-state index >= 15 is 0 Å². The molecular formula is C21H24BrClN2O3. The van der Waals surface area contributed by atoms with Gasteiger partial charge in [0, 0.05) is 18.1 Å². The third kappa shape index (κ3) is 6.24. The van der Waals surface area contributed by atoms with E-state index in [4.69, 9.17) is 16.3 Å². The number of carbonyl (C=O) groups is 2. The van der Waals surface area contributed by atoms with E-state index in [-0.39, 0.29) is 18.4 Å². The number of rotatable bonds is 9. The molecule has 0 fully saturated rings. The van der Waals surface area contributed by atoms with Crippen molar-refractivity contribution >= 4 is 39.3 Å². The highest BCUT2D eigenvalue weighted by molar-refractivity contribution is 9.10. The fourth-order valence-electron chi connectivity index (χ4n) is 2.81. The van der Waals surface area contributed by atoms with Gasteiger partial charge in [-0.3, -0.25) is 9.59 Å². The van der Waals surface area contributed by atoms with Crippen molar-refractivity contribution in [2.24, 2.45) is 0 Å². The van der Waals surface area contributed by atoms with Gasteiger partial charge in [-0.25, -0.2) is 0 Å². The molecule has 2 aromatic rings. The Bertz CT molecular complexity index is 801. The van der Waals surface area contributed by atoms with Crippen LogP contribution in [0.2, 0.25) is 5.02 Å². The first-order chi connectivity index (χ1) is 13.5. The first-order valence-electron chi connectivity index (χ1n) is 9.15. The Morgan fingerprint density at radius 3 is 2.50 bits per heavy atom. The summed E-state index contributed by atoms with van der Waals surface area (Å²) in [5, 5.41) is 3.38. The molecule has 0 unspecified atom stereocenters. The summed E-state index contributed by atoms with van der Waals surface area (Å²) >= 11 is 9.32. The summed E-state index contributed by atoms with van der Waals surface area (Å²) in [5.41, 5.74) is 0.950. The smallest absolute Gasteiger partial charge is 0.261 e. The first kappa shape index (κ1) is 22.2. The fraction of sp³-hybridized carbons (Fsp3) is 0.333. The molecule has 1 atom stereocenters. The van der Waals surface area contributed by atoms with E-state index in [0.717, 1.165) is 5.56 Å². The van der Waals surface area contributed by atoms with Crippen LogP contribution in [0.1, 0.15) is 25.8 Å². The Kier molecular flexibility index (Phi) is 8.80. The molecule has 0 aliphatic carbocycles. The minimum absolute atomic E-state index is 0.165. The zero-order chi connectivity index (χ0) is 20.5. The largest absolute Gasteiger partial charge is 0.483 e. The van der Waals surface area contributed by atoms with Crippen LogP contribution in [0.15, 0.2) is 53.0 Å². The van der Waals surface area contributed by atoms with Crippen LogP contribution in [0, 0.1) is 0 Å². The van der Waals surface area contributed by atoms with Gasteiger partial charge in [0.2, 0.25) is 5.91 Å². The number of hydrogen-bond donors (Lipinski definition) is 1. The third-order valence-electron chi connectivity index (χ3n) is 4.18. The lowest BCUT2D eigenvalue weighted by Crippen LogP contribution is -2.50. The zero-order valence-corrected chi connectivity index (χ0v) is 18.3. The van der Waals surface area contributed by atoms with Gasteiger partial charge >= 0.3 is 0 Å². The number of carbonyl (C=O) groups excluding carboxylic acids is 2. The topological polar surface area (TPSA) is 58.6 Å². The van der Waals surface area contributed by atoms with Crippen molar-refractivity contribution in [1.29, 1.82) is 0 Å². The summed E-state index contributed by atoms with van der Waals surface area (Å²) in [7, 11) is 0. The van der Waals surface area contributed by atoms with Gasteiger partial charge in [-0.1, -0.05) is 48.9 Å². The predicted octanol–water partition coefficient (Wildman–Crippen LogP) is 4.42. The van der Waals surface area contributed by atoms with Crippen LogP contribution in [0.4, 0.5) is 0 Å². The van der Waals surface area contributed by atoms with E-state index in [0.29, 0.717) is 34.8 Å². The number of nitrogens with zero attached hydrogens (tertiary/aromatic N) is 1. The monoisotopic (exact) mass is 466 g/mol. The molecular weight excluding hydrogens is 444 g/mol. The lowest BCUT2D eigenvalue weighted by atomic mass is 10.1. The number of halogens is 2. The summed E-state index contributed by atoms with van der Waals surface area (Å²) in [5.74, 6) is 0.0919. The second-order valence-corrected chi connectivity index (χ2v) is 7.48. The van der Waals surface area contributed by atoms with Crippen LogP contribution in [-0.4, -0.2) is 35.9 Å². The van der Waals surface area contributed by atoms with Crippen LogP contribution in [0.25, 0.3) is 0 Å².